The molecule has 1 heterocycles. The quantitative estimate of drug-likeness (QED) is 0.875. The standard InChI is InChI=1S/C14H12F3NO3/c1-20-13(19)12-9(5-6-21-12)8-18-11-4-2-3-10(7-11)14(15,16)17/h2-7,18H,8H2,1H3. The first-order chi connectivity index (χ1) is 9.91. The summed E-state index contributed by atoms with van der Waals surface area (Å²) in [5.41, 5.74) is 0.0500. The lowest BCUT2D eigenvalue weighted by atomic mass is 10.2. The molecule has 1 aromatic carbocycles. The third-order valence-corrected chi connectivity index (χ3v) is 2.79. The van der Waals surface area contributed by atoms with Gasteiger partial charge in [0.05, 0.1) is 18.9 Å². The Morgan fingerprint density at radius 1 is 1.33 bits per heavy atom. The molecule has 0 aliphatic heterocycles. The summed E-state index contributed by atoms with van der Waals surface area (Å²) in [5.74, 6) is -0.613. The predicted molar refractivity (Wildman–Crippen MR) is 68.8 cm³/mol. The summed E-state index contributed by atoms with van der Waals surface area (Å²) in [5, 5.41) is 2.81. The molecule has 2 aromatic rings. The van der Waals surface area contributed by atoms with Crippen LogP contribution in [0, 0.1) is 0 Å². The number of halogens is 3. The minimum atomic E-state index is -4.40. The maximum Gasteiger partial charge on any atom is 0.416 e. The fourth-order valence-corrected chi connectivity index (χ4v) is 1.75. The van der Waals surface area contributed by atoms with Crippen molar-refractivity contribution in [3.05, 3.63) is 53.5 Å². The van der Waals surface area contributed by atoms with Crippen molar-refractivity contribution in [2.45, 2.75) is 12.7 Å². The van der Waals surface area contributed by atoms with E-state index in [1.165, 1.54) is 25.5 Å². The lowest BCUT2D eigenvalue weighted by molar-refractivity contribution is -0.137. The van der Waals surface area contributed by atoms with Gasteiger partial charge in [0.25, 0.3) is 0 Å². The van der Waals surface area contributed by atoms with E-state index < -0.39 is 17.7 Å². The van der Waals surface area contributed by atoms with Crippen molar-refractivity contribution in [2.75, 3.05) is 12.4 Å². The van der Waals surface area contributed by atoms with Crippen LogP contribution < -0.4 is 5.32 Å². The second-order valence-electron chi connectivity index (χ2n) is 4.20. The number of carbonyl (C=O) groups is 1. The number of nitrogens with one attached hydrogen (secondary N) is 1. The Hall–Kier alpha value is -2.44. The number of hydrogen-bond acceptors (Lipinski definition) is 4. The number of carbonyl (C=O) groups excluding carboxylic acids is 1. The van der Waals surface area contributed by atoms with Crippen molar-refractivity contribution < 1.29 is 27.1 Å². The van der Waals surface area contributed by atoms with Crippen LogP contribution in [0.5, 0.6) is 0 Å². The van der Waals surface area contributed by atoms with Gasteiger partial charge in [-0.1, -0.05) is 6.07 Å². The summed E-state index contributed by atoms with van der Waals surface area (Å²) < 4.78 is 47.3. The molecular formula is C14H12F3NO3. The molecule has 0 radical (unpaired) electrons. The van der Waals surface area contributed by atoms with Crippen molar-refractivity contribution in [1.29, 1.82) is 0 Å². The van der Waals surface area contributed by atoms with Gasteiger partial charge in [0.15, 0.2) is 0 Å². The molecule has 0 amide bonds. The molecule has 0 spiro atoms. The van der Waals surface area contributed by atoms with Gasteiger partial charge in [0.1, 0.15) is 0 Å². The van der Waals surface area contributed by atoms with E-state index in [-0.39, 0.29) is 12.3 Å². The van der Waals surface area contributed by atoms with Crippen LogP contribution in [-0.4, -0.2) is 13.1 Å². The third kappa shape index (κ3) is 3.56. The van der Waals surface area contributed by atoms with Gasteiger partial charge in [0.2, 0.25) is 5.76 Å². The van der Waals surface area contributed by atoms with Crippen LogP contribution in [0.25, 0.3) is 0 Å². The zero-order chi connectivity index (χ0) is 15.5. The van der Waals surface area contributed by atoms with Gasteiger partial charge in [-0.3, -0.25) is 0 Å². The summed E-state index contributed by atoms with van der Waals surface area (Å²) in [6.45, 7) is 0.141. The molecule has 0 bridgehead atoms. The van der Waals surface area contributed by atoms with Crippen LogP contribution in [-0.2, 0) is 17.5 Å². The molecule has 0 unspecified atom stereocenters. The van der Waals surface area contributed by atoms with Gasteiger partial charge in [0, 0.05) is 17.8 Å². The fraction of sp³-hybridized carbons (Fsp3) is 0.214. The highest BCUT2D eigenvalue weighted by Crippen LogP contribution is 2.30. The van der Waals surface area contributed by atoms with Gasteiger partial charge < -0.3 is 14.5 Å². The average Bonchev–Trinajstić information content (AvgIpc) is 2.92. The number of hydrogen-bond donors (Lipinski definition) is 1. The third-order valence-electron chi connectivity index (χ3n) is 2.79. The van der Waals surface area contributed by atoms with E-state index in [0.717, 1.165) is 12.1 Å². The number of anilines is 1. The highest BCUT2D eigenvalue weighted by molar-refractivity contribution is 5.87. The van der Waals surface area contributed by atoms with Gasteiger partial charge in [-0.15, -0.1) is 0 Å². The second kappa shape index (κ2) is 5.90. The van der Waals surface area contributed by atoms with Crippen LogP contribution in [0.3, 0.4) is 0 Å². The second-order valence-corrected chi connectivity index (χ2v) is 4.20. The average molecular weight is 299 g/mol. The van der Waals surface area contributed by atoms with Gasteiger partial charge in [-0.25, -0.2) is 4.79 Å². The Morgan fingerprint density at radius 3 is 2.76 bits per heavy atom. The smallest absolute Gasteiger partial charge is 0.416 e. The maximum absolute atomic E-state index is 12.6. The molecule has 0 saturated heterocycles. The lowest BCUT2D eigenvalue weighted by Crippen LogP contribution is -2.08. The minimum absolute atomic E-state index is 0.0250. The van der Waals surface area contributed by atoms with Crippen LogP contribution in [0.15, 0.2) is 41.0 Å². The SMILES string of the molecule is COC(=O)c1occc1CNc1cccc(C(F)(F)F)c1. The summed E-state index contributed by atoms with van der Waals surface area (Å²) in [4.78, 5) is 11.4. The van der Waals surface area contributed by atoms with Gasteiger partial charge >= 0.3 is 12.1 Å². The minimum Gasteiger partial charge on any atom is -0.463 e. The summed E-state index contributed by atoms with van der Waals surface area (Å²) >= 11 is 0. The van der Waals surface area contributed by atoms with Crippen molar-refractivity contribution in [2.24, 2.45) is 0 Å². The Morgan fingerprint density at radius 2 is 2.10 bits per heavy atom. The van der Waals surface area contributed by atoms with E-state index in [4.69, 9.17) is 4.42 Å². The molecule has 0 fully saturated rings. The molecule has 0 atom stereocenters. The van der Waals surface area contributed by atoms with Crippen LogP contribution in [0.2, 0.25) is 0 Å². The number of methoxy groups -OCH3 is 1. The lowest BCUT2D eigenvalue weighted by Gasteiger charge is -2.10. The van der Waals surface area contributed by atoms with Crippen molar-refractivity contribution in [1.82, 2.24) is 0 Å². The molecule has 0 aliphatic rings. The Bertz CT molecular complexity index is 634. The molecule has 1 N–H and O–H groups in total. The first-order valence-corrected chi connectivity index (χ1v) is 5.97. The first kappa shape index (κ1) is 15.0. The zero-order valence-electron chi connectivity index (χ0n) is 11.0. The fourth-order valence-electron chi connectivity index (χ4n) is 1.75. The molecule has 21 heavy (non-hydrogen) atoms. The number of benzene rings is 1. The molecule has 0 aliphatic carbocycles. The Labute approximate surface area is 118 Å². The van der Waals surface area contributed by atoms with E-state index in [1.54, 1.807) is 6.07 Å². The van der Waals surface area contributed by atoms with E-state index >= 15 is 0 Å². The molecule has 112 valence electrons. The first-order valence-electron chi connectivity index (χ1n) is 5.97. The molecule has 7 heteroatoms. The maximum atomic E-state index is 12.6. The number of furan rings is 1. The topological polar surface area (TPSA) is 51.5 Å². The van der Waals surface area contributed by atoms with Crippen molar-refractivity contribution in [3.63, 3.8) is 0 Å². The number of ether oxygens (including phenoxy) is 1. The van der Waals surface area contributed by atoms with Gasteiger partial charge in [-0.05, 0) is 24.3 Å². The largest absolute Gasteiger partial charge is 0.463 e. The number of rotatable bonds is 4. The molecule has 2 rings (SSSR count). The molecule has 1 aromatic heterocycles. The predicted octanol–water partition coefficient (Wildman–Crippen LogP) is 3.70. The van der Waals surface area contributed by atoms with E-state index in [9.17, 15) is 18.0 Å². The number of esters is 1. The van der Waals surface area contributed by atoms with Crippen LogP contribution >= 0.6 is 0 Å². The normalized spacial score (nSPS) is 11.2. The summed E-state index contributed by atoms with van der Waals surface area (Å²) in [6, 6.07) is 6.35. The van der Waals surface area contributed by atoms with E-state index in [1.807, 2.05) is 0 Å². The van der Waals surface area contributed by atoms with Crippen molar-refractivity contribution in [3.8, 4) is 0 Å². The molecule has 4 nitrogen and oxygen atoms in total. The highest BCUT2D eigenvalue weighted by Gasteiger charge is 2.30. The highest BCUT2D eigenvalue weighted by atomic mass is 19.4. The van der Waals surface area contributed by atoms with Gasteiger partial charge in [-0.2, -0.15) is 13.2 Å². The van der Waals surface area contributed by atoms with E-state index in [2.05, 4.69) is 10.1 Å². The van der Waals surface area contributed by atoms with E-state index in [0.29, 0.717) is 11.3 Å². The Balaban J connectivity index is 2.11. The number of alkyl halides is 3. The molecule has 0 saturated carbocycles. The monoisotopic (exact) mass is 299 g/mol. The summed E-state index contributed by atoms with van der Waals surface area (Å²) in [6.07, 6.45) is -3.08. The molecular weight excluding hydrogens is 287 g/mol. The summed E-state index contributed by atoms with van der Waals surface area (Å²) in [7, 11) is 1.22. The van der Waals surface area contributed by atoms with Crippen LogP contribution in [0.1, 0.15) is 21.7 Å². The van der Waals surface area contributed by atoms with Crippen molar-refractivity contribution >= 4 is 11.7 Å². The van der Waals surface area contributed by atoms with Crippen LogP contribution in [0.4, 0.5) is 18.9 Å². The Kier molecular flexibility index (Phi) is 4.21. The zero-order valence-corrected chi connectivity index (χ0v) is 11.0.